The van der Waals surface area contributed by atoms with E-state index in [1.165, 1.54) is 0 Å². The Morgan fingerprint density at radius 2 is 1.82 bits per heavy atom. The quantitative estimate of drug-likeness (QED) is 0.726. The van der Waals surface area contributed by atoms with Gasteiger partial charge in [-0.15, -0.1) is 0 Å². The van der Waals surface area contributed by atoms with Crippen LogP contribution >= 0.6 is 0 Å². The average molecular weight is 242 g/mol. The fraction of sp³-hybridized carbons (Fsp3) is 0.923. The third-order valence-electron chi connectivity index (χ3n) is 3.73. The molecule has 0 aromatic carbocycles. The predicted octanol–water partition coefficient (Wildman–Crippen LogP) is 1.21. The Morgan fingerprint density at radius 1 is 1.24 bits per heavy atom. The molecule has 1 aliphatic heterocycles. The van der Waals surface area contributed by atoms with Crippen molar-refractivity contribution in [1.29, 1.82) is 0 Å². The molecule has 100 valence electrons. The first kappa shape index (κ1) is 14.5. The smallest absolute Gasteiger partial charge is 0.228 e. The minimum atomic E-state index is -0.214. The van der Waals surface area contributed by atoms with Crippen LogP contribution in [0, 0.1) is 5.41 Å². The highest BCUT2D eigenvalue weighted by atomic mass is 16.5. The number of carbonyl (C=O) groups is 1. The molecule has 0 atom stereocenters. The zero-order valence-corrected chi connectivity index (χ0v) is 11.7. The Kier molecular flexibility index (Phi) is 5.40. The van der Waals surface area contributed by atoms with Gasteiger partial charge in [0, 0.05) is 45.2 Å². The molecule has 0 bridgehead atoms. The van der Waals surface area contributed by atoms with Crippen molar-refractivity contribution < 1.29 is 9.53 Å². The van der Waals surface area contributed by atoms with Gasteiger partial charge < -0.3 is 9.64 Å². The lowest BCUT2D eigenvalue weighted by atomic mass is 9.88. The van der Waals surface area contributed by atoms with Crippen molar-refractivity contribution in [3.8, 4) is 0 Å². The SMILES string of the molecule is CCC(C)(C)C(=O)N1CCN(CCOC)CC1. The van der Waals surface area contributed by atoms with E-state index in [4.69, 9.17) is 4.74 Å². The molecule has 1 saturated heterocycles. The number of carbonyl (C=O) groups excluding carboxylic acids is 1. The summed E-state index contributed by atoms with van der Waals surface area (Å²) in [5, 5.41) is 0. The third-order valence-corrected chi connectivity index (χ3v) is 3.73. The first-order chi connectivity index (χ1) is 8.01. The van der Waals surface area contributed by atoms with E-state index < -0.39 is 0 Å². The van der Waals surface area contributed by atoms with Crippen LogP contribution in [0.1, 0.15) is 27.2 Å². The molecular weight excluding hydrogens is 216 g/mol. The maximum absolute atomic E-state index is 12.3. The molecule has 0 N–H and O–H groups in total. The van der Waals surface area contributed by atoms with Crippen LogP contribution in [-0.2, 0) is 9.53 Å². The van der Waals surface area contributed by atoms with Crippen molar-refractivity contribution in [3.05, 3.63) is 0 Å². The lowest BCUT2D eigenvalue weighted by Gasteiger charge is -2.38. The molecule has 0 aromatic heterocycles. The van der Waals surface area contributed by atoms with Crippen LogP contribution in [0.25, 0.3) is 0 Å². The Labute approximate surface area is 105 Å². The van der Waals surface area contributed by atoms with E-state index in [0.717, 1.165) is 45.8 Å². The zero-order chi connectivity index (χ0) is 12.9. The van der Waals surface area contributed by atoms with E-state index in [1.807, 2.05) is 18.7 Å². The van der Waals surface area contributed by atoms with Crippen molar-refractivity contribution in [2.24, 2.45) is 5.41 Å². The summed E-state index contributed by atoms with van der Waals surface area (Å²) in [5.41, 5.74) is -0.214. The summed E-state index contributed by atoms with van der Waals surface area (Å²) in [6.07, 6.45) is 0.899. The molecular formula is C13H26N2O2. The van der Waals surface area contributed by atoms with Gasteiger partial charge >= 0.3 is 0 Å². The van der Waals surface area contributed by atoms with E-state index in [1.54, 1.807) is 7.11 Å². The Morgan fingerprint density at radius 3 is 2.29 bits per heavy atom. The molecule has 17 heavy (non-hydrogen) atoms. The summed E-state index contributed by atoms with van der Waals surface area (Å²) in [5.74, 6) is 0.298. The number of rotatable bonds is 5. The van der Waals surface area contributed by atoms with Gasteiger partial charge in [0.2, 0.25) is 5.91 Å². The van der Waals surface area contributed by atoms with Crippen LogP contribution < -0.4 is 0 Å². The zero-order valence-electron chi connectivity index (χ0n) is 11.7. The maximum Gasteiger partial charge on any atom is 0.228 e. The fourth-order valence-electron chi connectivity index (χ4n) is 1.97. The molecule has 4 heteroatoms. The molecule has 0 unspecified atom stereocenters. The highest BCUT2D eigenvalue weighted by Crippen LogP contribution is 2.23. The fourth-order valence-corrected chi connectivity index (χ4v) is 1.97. The summed E-state index contributed by atoms with van der Waals surface area (Å²) < 4.78 is 5.07. The molecule has 4 nitrogen and oxygen atoms in total. The highest BCUT2D eigenvalue weighted by molar-refractivity contribution is 5.82. The van der Waals surface area contributed by atoms with E-state index in [9.17, 15) is 4.79 Å². The molecule has 0 aliphatic carbocycles. The minimum Gasteiger partial charge on any atom is -0.383 e. The van der Waals surface area contributed by atoms with Crippen LogP contribution in [-0.4, -0.2) is 62.1 Å². The van der Waals surface area contributed by atoms with Crippen molar-refractivity contribution >= 4 is 5.91 Å². The number of piperazine rings is 1. The summed E-state index contributed by atoms with van der Waals surface area (Å²) in [6.45, 7) is 11.5. The normalized spacial score (nSPS) is 18.5. The molecule has 0 spiro atoms. The van der Waals surface area contributed by atoms with Crippen molar-refractivity contribution in [3.63, 3.8) is 0 Å². The summed E-state index contributed by atoms with van der Waals surface area (Å²) >= 11 is 0. The lowest BCUT2D eigenvalue weighted by molar-refractivity contribution is -0.142. The minimum absolute atomic E-state index is 0.214. The number of ether oxygens (including phenoxy) is 1. The Balaban J connectivity index is 2.39. The summed E-state index contributed by atoms with van der Waals surface area (Å²) in [7, 11) is 1.73. The molecule has 1 aliphatic rings. The van der Waals surface area contributed by atoms with Crippen LogP contribution in [0.3, 0.4) is 0 Å². The van der Waals surface area contributed by atoms with Gasteiger partial charge in [0.05, 0.1) is 6.61 Å². The van der Waals surface area contributed by atoms with Crippen LogP contribution in [0.15, 0.2) is 0 Å². The van der Waals surface area contributed by atoms with Gasteiger partial charge in [0.25, 0.3) is 0 Å². The van der Waals surface area contributed by atoms with Crippen molar-refractivity contribution in [2.45, 2.75) is 27.2 Å². The van der Waals surface area contributed by atoms with Gasteiger partial charge in [-0.3, -0.25) is 9.69 Å². The first-order valence-corrected chi connectivity index (χ1v) is 6.52. The molecule has 1 fully saturated rings. The largest absolute Gasteiger partial charge is 0.383 e. The molecule has 1 heterocycles. The number of hydrogen-bond donors (Lipinski definition) is 0. The van der Waals surface area contributed by atoms with Crippen molar-refractivity contribution in [1.82, 2.24) is 9.80 Å². The van der Waals surface area contributed by atoms with Crippen LogP contribution in [0.2, 0.25) is 0 Å². The topological polar surface area (TPSA) is 32.8 Å². The van der Waals surface area contributed by atoms with Crippen LogP contribution in [0.5, 0.6) is 0 Å². The standard InChI is InChI=1S/C13H26N2O2/c1-5-13(2,3)12(16)15-8-6-14(7-9-15)10-11-17-4/h5-11H2,1-4H3. The van der Waals surface area contributed by atoms with E-state index in [0.29, 0.717) is 5.91 Å². The Bertz CT molecular complexity index is 246. The molecule has 1 amide bonds. The van der Waals surface area contributed by atoms with E-state index >= 15 is 0 Å². The van der Waals surface area contributed by atoms with Gasteiger partial charge in [0.1, 0.15) is 0 Å². The second-order valence-electron chi connectivity index (χ2n) is 5.36. The molecule has 0 radical (unpaired) electrons. The highest BCUT2D eigenvalue weighted by Gasteiger charge is 2.31. The van der Waals surface area contributed by atoms with E-state index in [-0.39, 0.29) is 5.41 Å². The monoisotopic (exact) mass is 242 g/mol. The summed E-state index contributed by atoms with van der Waals surface area (Å²) in [4.78, 5) is 16.6. The maximum atomic E-state index is 12.3. The first-order valence-electron chi connectivity index (χ1n) is 6.52. The van der Waals surface area contributed by atoms with E-state index in [2.05, 4.69) is 11.8 Å². The molecule has 0 saturated carbocycles. The number of hydrogen-bond acceptors (Lipinski definition) is 3. The lowest BCUT2D eigenvalue weighted by Crippen LogP contribution is -2.52. The third kappa shape index (κ3) is 3.96. The van der Waals surface area contributed by atoms with Gasteiger partial charge in [-0.05, 0) is 6.42 Å². The van der Waals surface area contributed by atoms with Gasteiger partial charge in [0.15, 0.2) is 0 Å². The van der Waals surface area contributed by atoms with Gasteiger partial charge in [-0.25, -0.2) is 0 Å². The molecule has 1 rings (SSSR count). The van der Waals surface area contributed by atoms with Crippen molar-refractivity contribution in [2.75, 3.05) is 46.4 Å². The number of nitrogens with zero attached hydrogens (tertiary/aromatic N) is 2. The second-order valence-corrected chi connectivity index (χ2v) is 5.36. The van der Waals surface area contributed by atoms with Crippen LogP contribution in [0.4, 0.5) is 0 Å². The summed E-state index contributed by atoms with van der Waals surface area (Å²) in [6, 6.07) is 0. The molecule has 0 aromatic rings. The predicted molar refractivity (Wildman–Crippen MR) is 69.0 cm³/mol. The van der Waals surface area contributed by atoms with Gasteiger partial charge in [-0.2, -0.15) is 0 Å². The second kappa shape index (κ2) is 6.36. The van der Waals surface area contributed by atoms with Gasteiger partial charge in [-0.1, -0.05) is 20.8 Å². The average Bonchev–Trinajstić information content (AvgIpc) is 2.36. The number of methoxy groups -OCH3 is 1. The Hall–Kier alpha value is -0.610. The number of amides is 1.